The van der Waals surface area contributed by atoms with Crippen molar-refractivity contribution in [3.8, 4) is 0 Å². The molecule has 0 unspecified atom stereocenters. The van der Waals surface area contributed by atoms with Crippen molar-refractivity contribution in [2.24, 2.45) is 0 Å². The van der Waals surface area contributed by atoms with Gasteiger partial charge >= 0.3 is 0 Å². The van der Waals surface area contributed by atoms with Gasteiger partial charge in [0.05, 0.1) is 5.69 Å². The SMILES string of the molecule is CC(=O)Nc1ccc(Cl)cc1S(=O)(=O)n1cccc1. The second-order valence-electron chi connectivity index (χ2n) is 3.84. The van der Waals surface area contributed by atoms with Crippen molar-refractivity contribution < 1.29 is 13.2 Å². The summed E-state index contributed by atoms with van der Waals surface area (Å²) >= 11 is 5.83. The van der Waals surface area contributed by atoms with E-state index in [1.165, 1.54) is 37.5 Å². The molecular weight excluding hydrogens is 288 g/mol. The predicted octanol–water partition coefficient (Wildman–Crippen LogP) is 2.34. The normalized spacial score (nSPS) is 11.3. The van der Waals surface area contributed by atoms with Crippen molar-refractivity contribution in [2.45, 2.75) is 11.8 Å². The van der Waals surface area contributed by atoms with E-state index in [4.69, 9.17) is 11.6 Å². The average Bonchev–Trinajstić information content (AvgIpc) is 2.85. The first-order valence-electron chi connectivity index (χ1n) is 5.37. The minimum absolute atomic E-state index is 0.0496. The van der Waals surface area contributed by atoms with Crippen molar-refractivity contribution in [3.05, 3.63) is 47.7 Å². The van der Waals surface area contributed by atoms with Crippen LogP contribution in [0.3, 0.4) is 0 Å². The van der Waals surface area contributed by atoms with Crippen LogP contribution in [-0.4, -0.2) is 18.3 Å². The zero-order valence-corrected chi connectivity index (χ0v) is 11.6. The molecule has 5 nitrogen and oxygen atoms in total. The lowest BCUT2D eigenvalue weighted by molar-refractivity contribution is -0.114. The standard InChI is InChI=1S/C12H11ClN2O3S/c1-9(16)14-11-5-4-10(13)8-12(11)19(17,18)15-6-2-3-7-15/h2-8H,1H3,(H,14,16). The maximum absolute atomic E-state index is 12.4. The molecule has 1 aromatic carbocycles. The first kappa shape index (κ1) is 13.6. The van der Waals surface area contributed by atoms with Crippen LogP contribution in [0.4, 0.5) is 5.69 Å². The molecule has 1 N–H and O–H groups in total. The van der Waals surface area contributed by atoms with Gasteiger partial charge in [0.15, 0.2) is 0 Å². The highest BCUT2D eigenvalue weighted by atomic mass is 35.5. The summed E-state index contributed by atoms with van der Waals surface area (Å²) in [5, 5.41) is 2.76. The fourth-order valence-electron chi connectivity index (χ4n) is 1.60. The lowest BCUT2D eigenvalue weighted by Crippen LogP contribution is -2.15. The van der Waals surface area contributed by atoms with E-state index in [0.717, 1.165) is 3.97 Å². The van der Waals surface area contributed by atoms with Gasteiger partial charge in [-0.3, -0.25) is 4.79 Å². The maximum Gasteiger partial charge on any atom is 0.269 e. The molecule has 19 heavy (non-hydrogen) atoms. The van der Waals surface area contributed by atoms with Crippen LogP contribution in [0.1, 0.15) is 6.92 Å². The number of carbonyl (C=O) groups excluding carboxylic acids is 1. The molecule has 0 fully saturated rings. The van der Waals surface area contributed by atoms with Gasteiger partial charge in [-0.15, -0.1) is 0 Å². The number of nitrogens with one attached hydrogen (secondary N) is 1. The van der Waals surface area contributed by atoms with Crippen LogP contribution in [0, 0.1) is 0 Å². The van der Waals surface area contributed by atoms with Crippen LogP contribution >= 0.6 is 11.6 Å². The minimum atomic E-state index is -3.78. The van der Waals surface area contributed by atoms with Gasteiger partial charge in [-0.25, -0.2) is 12.4 Å². The van der Waals surface area contributed by atoms with Crippen LogP contribution in [0.2, 0.25) is 5.02 Å². The molecule has 0 aliphatic rings. The van der Waals surface area contributed by atoms with Gasteiger partial charge in [-0.2, -0.15) is 0 Å². The van der Waals surface area contributed by atoms with Crippen molar-refractivity contribution >= 4 is 33.2 Å². The molecule has 0 saturated carbocycles. The third kappa shape index (κ3) is 2.80. The third-order valence-electron chi connectivity index (χ3n) is 2.39. The van der Waals surface area contributed by atoms with Gasteiger partial charge < -0.3 is 5.32 Å². The van der Waals surface area contributed by atoms with Crippen molar-refractivity contribution in [2.75, 3.05) is 5.32 Å². The molecule has 1 amide bonds. The molecule has 0 radical (unpaired) electrons. The molecule has 0 saturated heterocycles. The fraction of sp³-hybridized carbons (Fsp3) is 0.0833. The van der Waals surface area contributed by atoms with Crippen molar-refractivity contribution in [1.29, 1.82) is 0 Å². The van der Waals surface area contributed by atoms with E-state index in [1.54, 1.807) is 12.1 Å². The summed E-state index contributed by atoms with van der Waals surface area (Å²) in [6.45, 7) is 1.31. The van der Waals surface area contributed by atoms with Gasteiger partial charge in [-0.1, -0.05) is 11.6 Å². The van der Waals surface area contributed by atoms with E-state index in [1.807, 2.05) is 0 Å². The first-order chi connectivity index (χ1) is 8.91. The van der Waals surface area contributed by atoms with Crippen molar-refractivity contribution in [3.63, 3.8) is 0 Å². The number of carbonyl (C=O) groups is 1. The summed E-state index contributed by atoms with van der Waals surface area (Å²) < 4.78 is 25.9. The van der Waals surface area contributed by atoms with Gasteiger partial charge in [0, 0.05) is 24.3 Å². The van der Waals surface area contributed by atoms with Gasteiger partial charge in [0.1, 0.15) is 4.90 Å². The van der Waals surface area contributed by atoms with E-state index in [-0.39, 0.29) is 21.5 Å². The van der Waals surface area contributed by atoms with E-state index in [2.05, 4.69) is 5.32 Å². The van der Waals surface area contributed by atoms with Crippen molar-refractivity contribution in [1.82, 2.24) is 3.97 Å². The molecule has 7 heteroatoms. The molecule has 100 valence electrons. The van der Waals surface area contributed by atoms with E-state index >= 15 is 0 Å². The number of halogens is 1. The summed E-state index contributed by atoms with van der Waals surface area (Å²) in [6, 6.07) is 7.48. The molecule has 1 aromatic heterocycles. The number of hydrogen-bond acceptors (Lipinski definition) is 3. The number of hydrogen-bond donors (Lipinski definition) is 1. The van der Waals surface area contributed by atoms with Gasteiger partial charge in [-0.05, 0) is 30.3 Å². The molecule has 2 rings (SSSR count). The number of benzene rings is 1. The van der Waals surface area contributed by atoms with Crippen LogP contribution in [0.15, 0.2) is 47.6 Å². The van der Waals surface area contributed by atoms with E-state index in [9.17, 15) is 13.2 Å². The summed E-state index contributed by atoms with van der Waals surface area (Å²) in [7, 11) is -3.78. The Labute approximate surface area is 115 Å². The smallest absolute Gasteiger partial charge is 0.269 e. The van der Waals surface area contributed by atoms with E-state index < -0.39 is 10.0 Å². The Bertz CT molecular complexity index is 709. The summed E-state index contributed by atoms with van der Waals surface area (Å²) in [4.78, 5) is 11.1. The monoisotopic (exact) mass is 298 g/mol. The van der Waals surface area contributed by atoms with Crippen LogP contribution in [0.5, 0.6) is 0 Å². The van der Waals surface area contributed by atoms with Gasteiger partial charge in [0.25, 0.3) is 10.0 Å². The highest BCUT2D eigenvalue weighted by Gasteiger charge is 2.21. The summed E-state index contributed by atoms with van der Waals surface area (Å²) in [6.07, 6.45) is 2.82. The van der Waals surface area contributed by atoms with Crippen LogP contribution in [0.25, 0.3) is 0 Å². The Morgan fingerprint density at radius 3 is 2.47 bits per heavy atom. The largest absolute Gasteiger partial charge is 0.325 e. The number of aromatic nitrogens is 1. The molecule has 0 aliphatic heterocycles. The predicted molar refractivity (Wildman–Crippen MR) is 72.8 cm³/mol. The average molecular weight is 299 g/mol. The lowest BCUT2D eigenvalue weighted by atomic mass is 10.3. The number of rotatable bonds is 3. The second kappa shape index (κ2) is 5.07. The summed E-state index contributed by atoms with van der Waals surface area (Å²) in [5.74, 6) is -0.355. The maximum atomic E-state index is 12.4. The molecule has 2 aromatic rings. The number of anilines is 1. The Morgan fingerprint density at radius 1 is 1.26 bits per heavy atom. The number of nitrogens with zero attached hydrogens (tertiary/aromatic N) is 1. The van der Waals surface area contributed by atoms with Crippen LogP contribution < -0.4 is 5.32 Å². The Hall–Kier alpha value is -1.79. The Morgan fingerprint density at radius 2 is 1.89 bits per heavy atom. The fourth-order valence-corrected chi connectivity index (χ4v) is 3.19. The molecular formula is C12H11ClN2O3S. The quantitative estimate of drug-likeness (QED) is 0.945. The summed E-state index contributed by atoms with van der Waals surface area (Å²) in [5.41, 5.74) is 0.200. The van der Waals surface area contributed by atoms with Gasteiger partial charge in [0.2, 0.25) is 5.91 Å². The topological polar surface area (TPSA) is 68.2 Å². The first-order valence-corrected chi connectivity index (χ1v) is 7.19. The molecule has 0 bridgehead atoms. The van der Waals surface area contributed by atoms with E-state index in [0.29, 0.717) is 0 Å². The molecule has 1 heterocycles. The third-order valence-corrected chi connectivity index (χ3v) is 4.31. The number of amides is 1. The zero-order valence-electron chi connectivity index (χ0n) is 10.00. The minimum Gasteiger partial charge on any atom is -0.325 e. The Kier molecular flexibility index (Phi) is 3.64. The lowest BCUT2D eigenvalue weighted by Gasteiger charge is -2.12. The van der Waals surface area contributed by atoms with Crippen LogP contribution in [-0.2, 0) is 14.8 Å². The molecule has 0 spiro atoms. The zero-order chi connectivity index (χ0) is 14.0. The second-order valence-corrected chi connectivity index (χ2v) is 6.09. The highest BCUT2D eigenvalue weighted by Crippen LogP contribution is 2.27. The molecule has 0 atom stereocenters. The highest BCUT2D eigenvalue weighted by molar-refractivity contribution is 7.90. The molecule has 0 aliphatic carbocycles. The Balaban J connectivity index is 2.61.